The summed E-state index contributed by atoms with van der Waals surface area (Å²) in [7, 11) is 1.55. The van der Waals surface area contributed by atoms with Crippen LogP contribution in [0.15, 0.2) is 42.7 Å². The van der Waals surface area contributed by atoms with Gasteiger partial charge in [-0.2, -0.15) is 0 Å². The van der Waals surface area contributed by atoms with Gasteiger partial charge < -0.3 is 20.1 Å². The number of benzene rings is 1. The van der Waals surface area contributed by atoms with Crippen LogP contribution in [0.25, 0.3) is 10.9 Å². The number of aromatic nitrogens is 2. The Labute approximate surface area is 183 Å². The number of fused-ring (bicyclic) bond motifs is 1. The molecule has 1 aliphatic heterocycles. The van der Waals surface area contributed by atoms with Crippen molar-refractivity contribution in [3.05, 3.63) is 47.7 Å². The third-order valence-corrected chi connectivity index (χ3v) is 5.41. The highest BCUT2D eigenvalue weighted by Gasteiger charge is 2.21. The van der Waals surface area contributed by atoms with Crippen LogP contribution in [0.4, 0.5) is 15.4 Å². The number of piperidine rings is 1. The number of aliphatic hydroxyl groups excluding tert-OH is 1. The zero-order valence-corrected chi connectivity index (χ0v) is 17.6. The van der Waals surface area contributed by atoms with E-state index < -0.39 is 0 Å². The first-order valence-electron chi connectivity index (χ1n) is 9.85. The monoisotopic (exact) mass is 443 g/mol. The molecular weight excluding hydrogens is 422 g/mol. The van der Waals surface area contributed by atoms with E-state index >= 15 is 0 Å². The molecule has 3 amide bonds. The fourth-order valence-corrected chi connectivity index (χ4v) is 3.71. The number of nitrogens with one attached hydrogen (secondary N) is 2. The SMILES string of the molecule is CNC(=O)n1cc(Cl)c2cc(Oc3ccnc(NC(=O)N4CCC(O)CC4)c3)ccc21. The molecule has 1 aromatic carbocycles. The average Bonchev–Trinajstić information content (AvgIpc) is 3.10. The van der Waals surface area contributed by atoms with E-state index in [2.05, 4.69) is 15.6 Å². The van der Waals surface area contributed by atoms with Crippen molar-refractivity contribution in [3.63, 3.8) is 0 Å². The Morgan fingerprint density at radius 1 is 1.16 bits per heavy atom. The van der Waals surface area contributed by atoms with Crippen LogP contribution in [0.1, 0.15) is 12.8 Å². The average molecular weight is 444 g/mol. The molecule has 0 aliphatic carbocycles. The number of hydrogen-bond donors (Lipinski definition) is 3. The Hall–Kier alpha value is -3.30. The number of rotatable bonds is 3. The lowest BCUT2D eigenvalue weighted by Crippen LogP contribution is -2.42. The summed E-state index contributed by atoms with van der Waals surface area (Å²) < 4.78 is 7.34. The number of likely N-dealkylation sites (tertiary alicyclic amines) is 1. The summed E-state index contributed by atoms with van der Waals surface area (Å²) in [5.41, 5.74) is 0.658. The van der Waals surface area contributed by atoms with Crippen molar-refractivity contribution in [1.82, 2.24) is 19.8 Å². The molecule has 31 heavy (non-hydrogen) atoms. The summed E-state index contributed by atoms with van der Waals surface area (Å²) in [6.45, 7) is 0.999. The minimum atomic E-state index is -0.349. The van der Waals surface area contributed by atoms with E-state index in [1.54, 1.807) is 54.7 Å². The number of nitrogens with zero attached hydrogens (tertiary/aromatic N) is 3. The highest BCUT2D eigenvalue weighted by molar-refractivity contribution is 6.36. The van der Waals surface area contributed by atoms with E-state index in [4.69, 9.17) is 16.3 Å². The van der Waals surface area contributed by atoms with Gasteiger partial charge in [-0.25, -0.2) is 14.6 Å². The predicted octanol–water partition coefficient (Wildman–Crippen LogP) is 3.66. The van der Waals surface area contributed by atoms with Gasteiger partial charge in [-0.15, -0.1) is 0 Å². The number of urea groups is 1. The third-order valence-electron chi connectivity index (χ3n) is 5.11. The summed E-state index contributed by atoms with van der Waals surface area (Å²) >= 11 is 6.28. The van der Waals surface area contributed by atoms with Gasteiger partial charge in [0.05, 0.1) is 16.6 Å². The quantitative estimate of drug-likeness (QED) is 0.572. The van der Waals surface area contributed by atoms with Gasteiger partial charge in [-0.05, 0) is 37.1 Å². The molecule has 3 heterocycles. The van der Waals surface area contributed by atoms with Crippen LogP contribution in [0.3, 0.4) is 0 Å². The molecule has 1 saturated heterocycles. The van der Waals surface area contributed by atoms with Crippen molar-refractivity contribution in [2.45, 2.75) is 18.9 Å². The summed E-state index contributed by atoms with van der Waals surface area (Å²) in [5, 5.41) is 16.0. The number of halogens is 1. The standard InChI is InChI=1S/C21H22ClN5O4/c1-23-20(29)27-12-17(22)16-10-14(2-3-18(16)27)31-15-4-7-24-19(11-15)25-21(30)26-8-5-13(28)6-9-26/h2-4,7,10-13,28H,5-6,8-9H2,1H3,(H,23,29)(H,24,25,30). The van der Waals surface area contributed by atoms with E-state index in [0.717, 1.165) is 0 Å². The molecule has 1 aliphatic rings. The van der Waals surface area contributed by atoms with Crippen LogP contribution in [0.5, 0.6) is 11.5 Å². The molecule has 10 heteroatoms. The molecule has 4 rings (SSSR count). The van der Waals surface area contributed by atoms with Crippen LogP contribution in [0, 0.1) is 0 Å². The number of amides is 3. The summed E-state index contributed by atoms with van der Waals surface area (Å²) in [6, 6.07) is 7.97. The van der Waals surface area contributed by atoms with Gasteiger partial charge in [-0.1, -0.05) is 11.6 Å². The van der Waals surface area contributed by atoms with E-state index in [1.165, 1.54) is 4.57 Å². The minimum Gasteiger partial charge on any atom is -0.457 e. The van der Waals surface area contributed by atoms with Gasteiger partial charge in [0.25, 0.3) is 0 Å². The van der Waals surface area contributed by atoms with Gasteiger partial charge in [0, 0.05) is 44.0 Å². The summed E-state index contributed by atoms with van der Waals surface area (Å²) in [6.07, 6.45) is 3.87. The maximum atomic E-state index is 12.4. The topological polar surface area (TPSA) is 109 Å². The molecule has 0 atom stereocenters. The van der Waals surface area contributed by atoms with Gasteiger partial charge >= 0.3 is 12.1 Å². The van der Waals surface area contributed by atoms with Gasteiger partial charge in [-0.3, -0.25) is 9.88 Å². The second-order valence-corrected chi connectivity index (χ2v) is 7.62. The molecule has 1 fully saturated rings. The smallest absolute Gasteiger partial charge is 0.325 e. The fraction of sp³-hybridized carbons (Fsp3) is 0.286. The Bertz CT molecular complexity index is 1120. The molecule has 0 saturated carbocycles. The van der Waals surface area contributed by atoms with E-state index in [9.17, 15) is 14.7 Å². The van der Waals surface area contributed by atoms with Gasteiger partial charge in [0.15, 0.2) is 0 Å². The van der Waals surface area contributed by atoms with E-state index in [1.807, 2.05) is 0 Å². The normalized spacial score (nSPS) is 14.5. The number of anilines is 1. The predicted molar refractivity (Wildman–Crippen MR) is 117 cm³/mol. The van der Waals surface area contributed by atoms with Crippen molar-refractivity contribution < 1.29 is 19.4 Å². The van der Waals surface area contributed by atoms with E-state index in [0.29, 0.717) is 59.2 Å². The highest BCUT2D eigenvalue weighted by atomic mass is 35.5. The van der Waals surface area contributed by atoms with Crippen molar-refractivity contribution in [1.29, 1.82) is 0 Å². The van der Waals surface area contributed by atoms with Crippen LogP contribution < -0.4 is 15.4 Å². The van der Waals surface area contributed by atoms with Crippen molar-refractivity contribution in [3.8, 4) is 11.5 Å². The van der Waals surface area contributed by atoms with Crippen LogP contribution in [-0.2, 0) is 0 Å². The van der Waals surface area contributed by atoms with Crippen molar-refractivity contribution in [2.24, 2.45) is 0 Å². The number of carbonyl (C=O) groups is 2. The largest absolute Gasteiger partial charge is 0.457 e. The molecular formula is C21H22ClN5O4. The maximum Gasteiger partial charge on any atom is 0.325 e. The fourth-order valence-electron chi connectivity index (χ4n) is 3.46. The lowest BCUT2D eigenvalue weighted by Gasteiger charge is -2.29. The molecule has 0 bridgehead atoms. The summed E-state index contributed by atoms with van der Waals surface area (Å²) in [5.74, 6) is 1.37. The molecule has 0 radical (unpaired) electrons. The van der Waals surface area contributed by atoms with Crippen molar-refractivity contribution in [2.75, 3.05) is 25.5 Å². The molecule has 3 aromatic rings. The summed E-state index contributed by atoms with van der Waals surface area (Å²) in [4.78, 5) is 30.2. The molecule has 0 unspecified atom stereocenters. The molecule has 2 aromatic heterocycles. The second-order valence-electron chi connectivity index (χ2n) is 7.21. The zero-order chi connectivity index (χ0) is 22.0. The molecule has 0 spiro atoms. The number of aliphatic hydroxyl groups is 1. The lowest BCUT2D eigenvalue weighted by atomic mass is 10.1. The van der Waals surface area contributed by atoms with Crippen LogP contribution in [-0.4, -0.2) is 57.9 Å². The molecule has 9 nitrogen and oxygen atoms in total. The zero-order valence-electron chi connectivity index (χ0n) is 16.8. The van der Waals surface area contributed by atoms with E-state index in [-0.39, 0.29) is 18.2 Å². The van der Waals surface area contributed by atoms with Gasteiger partial charge in [0.2, 0.25) is 0 Å². The lowest BCUT2D eigenvalue weighted by molar-refractivity contribution is 0.0972. The Morgan fingerprint density at radius 2 is 1.90 bits per heavy atom. The first-order chi connectivity index (χ1) is 14.9. The molecule has 3 N–H and O–H groups in total. The number of carbonyl (C=O) groups excluding carboxylic acids is 2. The third kappa shape index (κ3) is 4.57. The number of pyridine rings is 1. The second kappa shape index (κ2) is 8.83. The maximum absolute atomic E-state index is 12.4. The first-order valence-corrected chi connectivity index (χ1v) is 10.2. The Balaban J connectivity index is 1.48. The minimum absolute atomic E-state index is 0.264. The Morgan fingerprint density at radius 3 is 2.65 bits per heavy atom. The number of hydrogen-bond acceptors (Lipinski definition) is 5. The van der Waals surface area contributed by atoms with Crippen molar-refractivity contribution >= 4 is 40.4 Å². The first kappa shape index (κ1) is 21.0. The molecule has 162 valence electrons. The van der Waals surface area contributed by atoms with Crippen LogP contribution >= 0.6 is 11.6 Å². The van der Waals surface area contributed by atoms with Gasteiger partial charge in [0.1, 0.15) is 17.3 Å². The van der Waals surface area contributed by atoms with Crippen LogP contribution in [0.2, 0.25) is 5.02 Å². The highest BCUT2D eigenvalue weighted by Crippen LogP contribution is 2.31. The number of ether oxygens (including phenoxy) is 1. The Kier molecular flexibility index (Phi) is 5.97.